The van der Waals surface area contributed by atoms with Crippen molar-refractivity contribution in [3.8, 4) is 0 Å². The summed E-state index contributed by atoms with van der Waals surface area (Å²) in [6, 6.07) is 13.6. The van der Waals surface area contributed by atoms with E-state index in [9.17, 15) is 20.2 Å². The van der Waals surface area contributed by atoms with Crippen LogP contribution >= 0.6 is 0 Å². The molecule has 5 rings (SSSR count). The van der Waals surface area contributed by atoms with Crippen LogP contribution in [0.1, 0.15) is 5.56 Å². The van der Waals surface area contributed by atoms with Crippen molar-refractivity contribution >= 4 is 50.5 Å². The van der Waals surface area contributed by atoms with E-state index in [4.69, 9.17) is 0 Å². The monoisotopic (exact) mass is 464 g/mol. The van der Waals surface area contributed by atoms with Crippen molar-refractivity contribution in [1.29, 1.82) is 0 Å². The number of anilines is 3. The Kier molecular flexibility index (Phi) is 5.94. The van der Waals surface area contributed by atoms with E-state index in [1.54, 1.807) is 19.2 Å². The van der Waals surface area contributed by atoms with E-state index in [0.717, 1.165) is 11.3 Å². The Morgan fingerprint density at radius 3 is 1.68 bits per heavy atom. The van der Waals surface area contributed by atoms with Crippen LogP contribution in [0.4, 0.5) is 28.4 Å². The molecule has 3 aromatic carbocycles. The first-order valence-corrected chi connectivity index (χ1v) is 9.69. The molecule has 0 unspecified atom stereocenters. The molecular formula is C20H16N8O6. The van der Waals surface area contributed by atoms with Gasteiger partial charge in [0.15, 0.2) is 11.0 Å². The molecular weight excluding hydrogens is 448 g/mol. The predicted octanol–water partition coefficient (Wildman–Crippen LogP) is 4.36. The second kappa shape index (κ2) is 9.15. The van der Waals surface area contributed by atoms with Crippen molar-refractivity contribution in [3.63, 3.8) is 0 Å². The van der Waals surface area contributed by atoms with E-state index < -0.39 is 9.85 Å². The van der Waals surface area contributed by atoms with E-state index in [1.165, 1.54) is 12.1 Å². The maximum atomic E-state index is 10.9. The van der Waals surface area contributed by atoms with Gasteiger partial charge in [0, 0.05) is 24.9 Å². The van der Waals surface area contributed by atoms with E-state index in [-0.39, 0.29) is 22.4 Å². The van der Waals surface area contributed by atoms with Crippen LogP contribution in [0.15, 0.2) is 57.8 Å². The Morgan fingerprint density at radius 1 is 0.706 bits per heavy atom. The van der Waals surface area contributed by atoms with Gasteiger partial charge in [-0.05, 0) is 51.8 Å². The Balaban J connectivity index is 0.000000172. The fraction of sp³-hybridized carbons (Fsp3) is 0.100. The van der Waals surface area contributed by atoms with Gasteiger partial charge >= 0.3 is 11.4 Å². The van der Waals surface area contributed by atoms with Crippen molar-refractivity contribution in [2.24, 2.45) is 0 Å². The lowest BCUT2D eigenvalue weighted by molar-refractivity contribution is -0.383. The molecule has 2 heterocycles. The Labute approximate surface area is 189 Å². The first kappa shape index (κ1) is 22.1. The lowest BCUT2D eigenvalue weighted by Crippen LogP contribution is -1.94. The SMILES string of the molecule is CNc1ccc([N+](=O)[O-])c2nonc12.Cc1ccc(Nc2ccc([N+](=O)[O-])c3nonc23)cc1. The molecule has 14 heteroatoms. The van der Waals surface area contributed by atoms with E-state index in [1.807, 2.05) is 31.2 Å². The number of nitrogens with one attached hydrogen (secondary N) is 2. The number of aromatic nitrogens is 4. The second-order valence-electron chi connectivity index (χ2n) is 6.94. The summed E-state index contributed by atoms with van der Waals surface area (Å²) in [5, 5.41) is 41.8. The molecule has 2 N–H and O–H groups in total. The molecule has 0 aliphatic carbocycles. The van der Waals surface area contributed by atoms with Crippen LogP contribution in [0.3, 0.4) is 0 Å². The highest BCUT2D eigenvalue weighted by atomic mass is 16.6. The van der Waals surface area contributed by atoms with Crippen LogP contribution in [-0.4, -0.2) is 37.5 Å². The number of benzene rings is 3. The zero-order chi connectivity index (χ0) is 24.2. The maximum absolute atomic E-state index is 10.9. The molecule has 34 heavy (non-hydrogen) atoms. The minimum atomic E-state index is -0.522. The molecule has 0 aliphatic rings. The Morgan fingerprint density at radius 2 is 1.18 bits per heavy atom. The summed E-state index contributed by atoms with van der Waals surface area (Å²) in [4.78, 5) is 20.5. The summed E-state index contributed by atoms with van der Waals surface area (Å²) in [6.45, 7) is 2.00. The molecule has 0 atom stereocenters. The van der Waals surface area contributed by atoms with Gasteiger partial charge in [0.2, 0.25) is 11.0 Å². The topological polar surface area (TPSA) is 188 Å². The molecule has 2 aromatic heterocycles. The summed E-state index contributed by atoms with van der Waals surface area (Å²) in [7, 11) is 1.69. The summed E-state index contributed by atoms with van der Waals surface area (Å²) in [5.41, 5.74) is 4.00. The van der Waals surface area contributed by atoms with Gasteiger partial charge in [-0.25, -0.2) is 9.26 Å². The third kappa shape index (κ3) is 4.27. The first-order valence-electron chi connectivity index (χ1n) is 9.69. The van der Waals surface area contributed by atoms with E-state index in [0.29, 0.717) is 22.4 Å². The van der Waals surface area contributed by atoms with Crippen molar-refractivity contribution < 1.29 is 19.1 Å². The Bertz CT molecular complexity index is 1490. The smallest absolute Gasteiger partial charge is 0.300 e. The van der Waals surface area contributed by atoms with Gasteiger partial charge in [-0.15, -0.1) is 0 Å². The lowest BCUT2D eigenvalue weighted by atomic mass is 10.2. The molecule has 0 saturated carbocycles. The van der Waals surface area contributed by atoms with Gasteiger partial charge in [0.05, 0.1) is 21.2 Å². The van der Waals surface area contributed by atoms with Crippen LogP contribution in [0.25, 0.3) is 22.1 Å². The third-order valence-electron chi connectivity index (χ3n) is 4.78. The molecule has 5 aromatic rings. The maximum Gasteiger partial charge on any atom is 0.300 e. The quantitative estimate of drug-likeness (QED) is 0.277. The van der Waals surface area contributed by atoms with Gasteiger partial charge < -0.3 is 10.6 Å². The van der Waals surface area contributed by atoms with Crippen molar-refractivity contribution in [2.75, 3.05) is 17.7 Å². The van der Waals surface area contributed by atoms with Crippen LogP contribution in [0.2, 0.25) is 0 Å². The standard InChI is InChI=1S/C13H10N4O3.C7H6N4O3/c1-8-2-4-9(5-3-8)14-10-6-7-11(17(18)19)13-12(10)15-20-16-13;1-8-4-2-3-5(11(12)13)7-6(4)9-14-10-7/h2-7,14H,1H3;2-3,8H,1H3. The number of nitro benzene ring substituents is 2. The molecule has 0 bridgehead atoms. The van der Waals surface area contributed by atoms with E-state index in [2.05, 4.69) is 40.5 Å². The van der Waals surface area contributed by atoms with Crippen molar-refractivity contribution in [2.45, 2.75) is 6.92 Å². The number of non-ortho nitro benzene ring substituents is 2. The van der Waals surface area contributed by atoms with Gasteiger partial charge in [0.25, 0.3) is 0 Å². The van der Waals surface area contributed by atoms with Gasteiger partial charge in [-0.2, -0.15) is 0 Å². The lowest BCUT2D eigenvalue weighted by Gasteiger charge is -2.06. The first-order chi connectivity index (χ1) is 16.4. The fourth-order valence-electron chi connectivity index (χ4n) is 3.10. The number of hydrogen-bond donors (Lipinski definition) is 2. The minimum Gasteiger partial charge on any atom is -0.386 e. The highest BCUT2D eigenvalue weighted by Gasteiger charge is 2.20. The average molecular weight is 464 g/mol. The molecule has 0 saturated heterocycles. The molecule has 0 amide bonds. The average Bonchev–Trinajstić information content (AvgIpc) is 3.50. The largest absolute Gasteiger partial charge is 0.386 e. The Hall–Kier alpha value is -5.14. The molecule has 0 fully saturated rings. The van der Waals surface area contributed by atoms with Crippen LogP contribution in [0, 0.1) is 27.2 Å². The highest BCUT2D eigenvalue weighted by molar-refractivity contribution is 5.95. The zero-order valence-electron chi connectivity index (χ0n) is 17.8. The summed E-state index contributed by atoms with van der Waals surface area (Å²) in [6.07, 6.45) is 0. The van der Waals surface area contributed by atoms with Crippen LogP contribution < -0.4 is 10.6 Å². The summed E-state index contributed by atoms with van der Waals surface area (Å²) < 4.78 is 9.06. The number of nitrogens with zero attached hydrogens (tertiary/aromatic N) is 6. The third-order valence-corrected chi connectivity index (χ3v) is 4.78. The zero-order valence-corrected chi connectivity index (χ0v) is 17.8. The van der Waals surface area contributed by atoms with Gasteiger partial charge in [-0.1, -0.05) is 17.7 Å². The number of hydrogen-bond acceptors (Lipinski definition) is 12. The number of aryl methyl sites for hydroxylation is 1. The van der Waals surface area contributed by atoms with Gasteiger partial charge in [-0.3, -0.25) is 20.2 Å². The van der Waals surface area contributed by atoms with Gasteiger partial charge in [0.1, 0.15) is 0 Å². The molecule has 0 aliphatic heterocycles. The van der Waals surface area contributed by atoms with Crippen LogP contribution in [0.5, 0.6) is 0 Å². The molecule has 14 nitrogen and oxygen atoms in total. The number of fused-ring (bicyclic) bond motifs is 2. The van der Waals surface area contributed by atoms with Crippen molar-refractivity contribution in [3.05, 3.63) is 74.3 Å². The van der Waals surface area contributed by atoms with Crippen molar-refractivity contribution in [1.82, 2.24) is 20.6 Å². The molecule has 0 spiro atoms. The van der Waals surface area contributed by atoms with Crippen LogP contribution in [-0.2, 0) is 0 Å². The number of rotatable bonds is 5. The second-order valence-corrected chi connectivity index (χ2v) is 6.94. The molecule has 172 valence electrons. The number of nitro groups is 2. The van der Waals surface area contributed by atoms with E-state index >= 15 is 0 Å². The normalized spacial score (nSPS) is 10.5. The minimum absolute atomic E-state index is 0.111. The fourth-order valence-corrected chi connectivity index (χ4v) is 3.10. The predicted molar refractivity (Wildman–Crippen MR) is 121 cm³/mol. The summed E-state index contributed by atoms with van der Waals surface area (Å²) in [5.74, 6) is 0. The highest BCUT2D eigenvalue weighted by Crippen LogP contribution is 2.31. The summed E-state index contributed by atoms with van der Waals surface area (Å²) >= 11 is 0. The molecule has 0 radical (unpaired) electrons.